The van der Waals surface area contributed by atoms with Crippen molar-refractivity contribution in [3.63, 3.8) is 0 Å². The minimum absolute atomic E-state index is 0.0453. The first-order valence-electron chi connectivity index (χ1n) is 5.76. The molecule has 0 aromatic carbocycles. The average molecular weight is 239 g/mol. The highest BCUT2D eigenvalue weighted by Crippen LogP contribution is 2.18. The van der Waals surface area contributed by atoms with Gasteiger partial charge < -0.3 is 14.3 Å². The Hall–Kier alpha value is -1.33. The van der Waals surface area contributed by atoms with Crippen LogP contribution in [0.2, 0.25) is 0 Å². The van der Waals surface area contributed by atoms with Crippen LogP contribution in [0.1, 0.15) is 29.0 Å². The van der Waals surface area contributed by atoms with E-state index in [1.165, 1.54) is 6.26 Å². The van der Waals surface area contributed by atoms with Crippen LogP contribution in [-0.2, 0) is 11.3 Å². The molecule has 5 heteroatoms. The molecule has 0 atom stereocenters. The summed E-state index contributed by atoms with van der Waals surface area (Å²) in [6, 6.07) is 2.18. The zero-order chi connectivity index (χ0) is 12.3. The highest BCUT2D eigenvalue weighted by atomic mass is 16.5. The lowest BCUT2D eigenvalue weighted by Gasteiger charge is -2.30. The Bertz CT molecular complexity index is 382. The Morgan fingerprint density at radius 3 is 2.88 bits per heavy atom. The summed E-state index contributed by atoms with van der Waals surface area (Å²) in [5, 5.41) is 8.95. The predicted molar refractivity (Wildman–Crippen MR) is 61.0 cm³/mol. The summed E-state index contributed by atoms with van der Waals surface area (Å²) in [7, 11) is 2.01. The Labute approximate surface area is 100.0 Å². The molecular formula is C12H17NO4. The second kappa shape index (κ2) is 5.33. The molecule has 0 saturated carbocycles. The molecule has 0 radical (unpaired) electrons. The van der Waals surface area contributed by atoms with E-state index in [4.69, 9.17) is 14.3 Å². The van der Waals surface area contributed by atoms with Gasteiger partial charge in [0.1, 0.15) is 0 Å². The van der Waals surface area contributed by atoms with Gasteiger partial charge in [0, 0.05) is 31.4 Å². The van der Waals surface area contributed by atoms with Gasteiger partial charge in [0.05, 0.1) is 6.26 Å². The maximum absolute atomic E-state index is 10.9. The first-order chi connectivity index (χ1) is 8.18. The Morgan fingerprint density at radius 2 is 2.24 bits per heavy atom. The number of rotatable bonds is 4. The summed E-state index contributed by atoms with van der Waals surface area (Å²) >= 11 is 0. The van der Waals surface area contributed by atoms with E-state index in [9.17, 15) is 4.79 Å². The van der Waals surface area contributed by atoms with Gasteiger partial charge in [0.15, 0.2) is 0 Å². The molecule has 1 aromatic rings. The maximum Gasteiger partial charge on any atom is 0.372 e. The molecule has 1 aromatic heterocycles. The number of nitrogens with zero attached hydrogens (tertiary/aromatic N) is 1. The van der Waals surface area contributed by atoms with Crippen LogP contribution in [0.15, 0.2) is 16.7 Å². The molecule has 1 N–H and O–H groups in total. The lowest BCUT2D eigenvalue weighted by molar-refractivity contribution is 0.0402. The Morgan fingerprint density at radius 1 is 1.53 bits per heavy atom. The van der Waals surface area contributed by atoms with Gasteiger partial charge in [-0.3, -0.25) is 4.90 Å². The zero-order valence-electron chi connectivity index (χ0n) is 9.89. The number of hydrogen-bond donors (Lipinski definition) is 1. The van der Waals surface area contributed by atoms with Crippen molar-refractivity contribution in [3.05, 3.63) is 23.7 Å². The van der Waals surface area contributed by atoms with Gasteiger partial charge in [-0.05, 0) is 26.0 Å². The van der Waals surface area contributed by atoms with Crippen LogP contribution < -0.4 is 0 Å². The topological polar surface area (TPSA) is 62.9 Å². The van der Waals surface area contributed by atoms with Crippen LogP contribution in [-0.4, -0.2) is 42.3 Å². The summed E-state index contributed by atoms with van der Waals surface area (Å²) in [6.07, 6.45) is 3.42. The molecule has 0 unspecified atom stereocenters. The van der Waals surface area contributed by atoms with Crippen LogP contribution in [0.4, 0.5) is 0 Å². The quantitative estimate of drug-likeness (QED) is 0.864. The van der Waals surface area contributed by atoms with Crippen LogP contribution in [0, 0.1) is 0 Å². The predicted octanol–water partition coefficient (Wildman–Crippen LogP) is 1.59. The Balaban J connectivity index is 1.99. The SMILES string of the molecule is CN(Cc1ccoc1C(=O)O)C1CCOCC1. The standard InChI is InChI=1S/C12H17NO4/c1-13(10-3-5-16-6-4-10)8-9-2-7-17-11(9)12(14)15/h2,7,10H,3-6,8H2,1H3,(H,14,15). The molecule has 5 nitrogen and oxygen atoms in total. The van der Waals surface area contributed by atoms with Gasteiger partial charge in [-0.2, -0.15) is 0 Å². The van der Waals surface area contributed by atoms with E-state index in [0.717, 1.165) is 31.6 Å². The molecule has 0 spiro atoms. The fourth-order valence-electron chi connectivity index (χ4n) is 2.17. The third kappa shape index (κ3) is 2.87. The van der Waals surface area contributed by atoms with Crippen LogP contribution in [0.25, 0.3) is 0 Å². The van der Waals surface area contributed by atoms with E-state index in [1.54, 1.807) is 6.07 Å². The molecule has 94 valence electrons. The molecule has 1 fully saturated rings. The number of carbonyl (C=O) groups is 1. The molecule has 2 rings (SSSR count). The van der Waals surface area contributed by atoms with E-state index in [2.05, 4.69) is 4.90 Å². The van der Waals surface area contributed by atoms with Crippen molar-refractivity contribution in [2.24, 2.45) is 0 Å². The zero-order valence-corrected chi connectivity index (χ0v) is 9.89. The number of carboxylic acid groups (broad SMARTS) is 1. The van der Waals surface area contributed by atoms with Crippen molar-refractivity contribution < 1.29 is 19.1 Å². The molecule has 2 heterocycles. The minimum Gasteiger partial charge on any atom is -0.475 e. The molecule has 1 aliphatic rings. The number of carboxylic acids is 1. The largest absolute Gasteiger partial charge is 0.475 e. The molecular weight excluding hydrogens is 222 g/mol. The highest BCUT2D eigenvalue weighted by molar-refractivity contribution is 5.86. The van der Waals surface area contributed by atoms with Gasteiger partial charge in [-0.15, -0.1) is 0 Å². The first-order valence-corrected chi connectivity index (χ1v) is 5.76. The summed E-state index contributed by atoms with van der Waals surface area (Å²) in [5.41, 5.74) is 0.728. The van der Waals surface area contributed by atoms with Crippen LogP contribution in [0.5, 0.6) is 0 Å². The van der Waals surface area contributed by atoms with Crippen LogP contribution >= 0.6 is 0 Å². The molecule has 0 amide bonds. The third-order valence-electron chi connectivity index (χ3n) is 3.17. The van der Waals surface area contributed by atoms with E-state index in [-0.39, 0.29) is 5.76 Å². The lowest BCUT2D eigenvalue weighted by Crippen LogP contribution is -2.36. The smallest absolute Gasteiger partial charge is 0.372 e. The van der Waals surface area contributed by atoms with Crippen molar-refractivity contribution in [2.75, 3.05) is 20.3 Å². The summed E-state index contributed by atoms with van der Waals surface area (Å²) in [5.74, 6) is -0.964. The molecule has 17 heavy (non-hydrogen) atoms. The molecule has 1 aliphatic heterocycles. The summed E-state index contributed by atoms with van der Waals surface area (Å²) < 4.78 is 10.3. The molecule has 0 aliphatic carbocycles. The van der Waals surface area contributed by atoms with E-state index < -0.39 is 5.97 Å². The van der Waals surface area contributed by atoms with Gasteiger partial charge in [-0.25, -0.2) is 4.79 Å². The second-order valence-electron chi connectivity index (χ2n) is 4.34. The average Bonchev–Trinajstić information content (AvgIpc) is 2.78. The van der Waals surface area contributed by atoms with Gasteiger partial charge in [-0.1, -0.05) is 0 Å². The number of aromatic carboxylic acids is 1. The first kappa shape index (κ1) is 12.1. The highest BCUT2D eigenvalue weighted by Gasteiger charge is 2.21. The summed E-state index contributed by atoms with van der Waals surface area (Å²) in [4.78, 5) is 13.1. The van der Waals surface area contributed by atoms with Crippen molar-refractivity contribution >= 4 is 5.97 Å². The summed E-state index contributed by atoms with van der Waals surface area (Å²) in [6.45, 7) is 2.17. The van der Waals surface area contributed by atoms with Gasteiger partial charge in [0.25, 0.3) is 0 Å². The van der Waals surface area contributed by atoms with Gasteiger partial charge in [0.2, 0.25) is 5.76 Å². The monoisotopic (exact) mass is 239 g/mol. The van der Waals surface area contributed by atoms with Crippen molar-refractivity contribution in [3.8, 4) is 0 Å². The fourth-order valence-corrected chi connectivity index (χ4v) is 2.17. The van der Waals surface area contributed by atoms with E-state index >= 15 is 0 Å². The lowest BCUT2D eigenvalue weighted by atomic mass is 10.1. The third-order valence-corrected chi connectivity index (χ3v) is 3.17. The van der Waals surface area contributed by atoms with E-state index in [0.29, 0.717) is 12.6 Å². The van der Waals surface area contributed by atoms with Crippen molar-refractivity contribution in [1.29, 1.82) is 0 Å². The fraction of sp³-hybridized carbons (Fsp3) is 0.583. The second-order valence-corrected chi connectivity index (χ2v) is 4.34. The van der Waals surface area contributed by atoms with Crippen LogP contribution in [0.3, 0.4) is 0 Å². The number of furan rings is 1. The van der Waals surface area contributed by atoms with E-state index in [1.807, 2.05) is 7.05 Å². The normalized spacial score (nSPS) is 17.5. The molecule has 1 saturated heterocycles. The maximum atomic E-state index is 10.9. The number of hydrogen-bond acceptors (Lipinski definition) is 4. The Kier molecular flexibility index (Phi) is 3.81. The van der Waals surface area contributed by atoms with Crippen molar-refractivity contribution in [2.45, 2.75) is 25.4 Å². The minimum atomic E-state index is -1.01. The number of ether oxygens (including phenoxy) is 1. The molecule has 0 bridgehead atoms. The van der Waals surface area contributed by atoms with Crippen molar-refractivity contribution in [1.82, 2.24) is 4.90 Å². The van der Waals surface area contributed by atoms with Gasteiger partial charge >= 0.3 is 5.97 Å².